The van der Waals surface area contributed by atoms with Crippen LogP contribution in [0.4, 0.5) is 0 Å². The molecule has 0 aliphatic carbocycles. The molecule has 0 spiro atoms. The summed E-state index contributed by atoms with van der Waals surface area (Å²) in [5.41, 5.74) is 1.55. The predicted octanol–water partition coefficient (Wildman–Crippen LogP) is 3.53. The van der Waals surface area contributed by atoms with E-state index >= 15 is 0 Å². The highest BCUT2D eigenvalue weighted by Gasteiger charge is 2.28. The molecule has 0 unspecified atom stereocenters. The highest BCUT2D eigenvalue weighted by molar-refractivity contribution is 5.94. The van der Waals surface area contributed by atoms with E-state index in [1.807, 2.05) is 42.2 Å². The van der Waals surface area contributed by atoms with Crippen LogP contribution in [0.25, 0.3) is 11.4 Å². The van der Waals surface area contributed by atoms with Gasteiger partial charge in [0.1, 0.15) is 5.75 Å². The molecule has 0 N–H and O–H groups in total. The number of ether oxygens (including phenoxy) is 1. The molecule has 1 aliphatic heterocycles. The number of benzene rings is 2. The molecular formula is C25H26N6O4. The van der Waals surface area contributed by atoms with E-state index < -0.39 is 0 Å². The summed E-state index contributed by atoms with van der Waals surface area (Å²) in [5.74, 6) is 2.77. The van der Waals surface area contributed by atoms with Gasteiger partial charge in [0.05, 0.1) is 6.04 Å². The van der Waals surface area contributed by atoms with E-state index in [1.165, 1.54) is 0 Å². The fourth-order valence-corrected chi connectivity index (χ4v) is 4.00. The number of aromatic nitrogens is 4. The van der Waals surface area contributed by atoms with Crippen molar-refractivity contribution in [3.8, 4) is 17.1 Å². The van der Waals surface area contributed by atoms with Crippen molar-refractivity contribution >= 4 is 5.91 Å². The fourth-order valence-electron chi connectivity index (χ4n) is 4.00. The molecule has 5 rings (SSSR count). The van der Waals surface area contributed by atoms with Crippen LogP contribution in [0, 0.1) is 6.92 Å². The van der Waals surface area contributed by atoms with Crippen molar-refractivity contribution in [2.24, 2.45) is 0 Å². The quantitative estimate of drug-likeness (QED) is 0.397. The second-order valence-corrected chi connectivity index (χ2v) is 8.37. The monoisotopic (exact) mass is 474 g/mol. The molecule has 10 nitrogen and oxygen atoms in total. The van der Waals surface area contributed by atoms with Crippen molar-refractivity contribution in [2.45, 2.75) is 26.5 Å². The van der Waals surface area contributed by atoms with Crippen molar-refractivity contribution in [3.63, 3.8) is 0 Å². The maximum absolute atomic E-state index is 13.0. The number of aryl methyl sites for hydroxylation is 1. The van der Waals surface area contributed by atoms with Crippen LogP contribution in [-0.2, 0) is 6.61 Å². The number of carbonyl (C=O) groups is 1. The topological polar surface area (TPSA) is 111 Å². The summed E-state index contributed by atoms with van der Waals surface area (Å²) in [7, 11) is 0. The molecule has 35 heavy (non-hydrogen) atoms. The smallest absolute Gasteiger partial charge is 0.253 e. The molecule has 1 amide bonds. The Labute approximate surface area is 202 Å². The average molecular weight is 475 g/mol. The molecule has 0 radical (unpaired) electrons. The average Bonchev–Trinajstić information content (AvgIpc) is 3.57. The van der Waals surface area contributed by atoms with Crippen molar-refractivity contribution in [1.82, 2.24) is 30.1 Å². The van der Waals surface area contributed by atoms with Crippen LogP contribution in [0.15, 0.2) is 63.6 Å². The van der Waals surface area contributed by atoms with Crippen LogP contribution < -0.4 is 4.74 Å². The molecule has 1 atom stereocenters. The lowest BCUT2D eigenvalue weighted by molar-refractivity contribution is 0.0551. The minimum Gasteiger partial charge on any atom is -0.485 e. The normalized spacial score (nSPS) is 15.2. The Bertz CT molecular complexity index is 1260. The Morgan fingerprint density at radius 1 is 0.971 bits per heavy atom. The summed E-state index contributed by atoms with van der Waals surface area (Å²) >= 11 is 0. The zero-order valence-corrected chi connectivity index (χ0v) is 19.6. The lowest BCUT2D eigenvalue weighted by Gasteiger charge is -2.36. The Balaban J connectivity index is 1.13. The number of carbonyl (C=O) groups excluding carboxylic acids is 1. The third-order valence-electron chi connectivity index (χ3n) is 6.02. The Morgan fingerprint density at radius 3 is 2.40 bits per heavy atom. The number of hydrogen-bond donors (Lipinski definition) is 0. The summed E-state index contributed by atoms with van der Waals surface area (Å²) in [6.07, 6.45) is 0. The number of piperazine rings is 1. The van der Waals surface area contributed by atoms with Gasteiger partial charge in [-0.25, -0.2) is 0 Å². The summed E-state index contributed by atoms with van der Waals surface area (Å²) < 4.78 is 16.1. The molecule has 0 bridgehead atoms. The van der Waals surface area contributed by atoms with E-state index in [2.05, 4.69) is 25.2 Å². The predicted molar refractivity (Wildman–Crippen MR) is 125 cm³/mol. The molecule has 10 heteroatoms. The van der Waals surface area contributed by atoms with Crippen molar-refractivity contribution in [1.29, 1.82) is 0 Å². The van der Waals surface area contributed by atoms with Gasteiger partial charge in [0.15, 0.2) is 6.61 Å². The van der Waals surface area contributed by atoms with E-state index in [9.17, 15) is 4.79 Å². The molecule has 4 aromatic rings. The SMILES string of the molecule is Cc1nc(COc2ccc(C(=O)N3CCN([C@H](C)c4nc(-c5ccccc5)no4)CC3)cc2)no1. The molecule has 180 valence electrons. The van der Waals surface area contributed by atoms with E-state index in [0.29, 0.717) is 47.8 Å². The molecule has 2 aromatic heterocycles. The van der Waals surface area contributed by atoms with Crippen LogP contribution in [0.1, 0.15) is 40.9 Å². The summed E-state index contributed by atoms with van der Waals surface area (Å²) in [6.45, 7) is 6.68. The number of nitrogens with zero attached hydrogens (tertiary/aromatic N) is 6. The third-order valence-corrected chi connectivity index (χ3v) is 6.02. The van der Waals surface area contributed by atoms with Gasteiger partial charge in [0.25, 0.3) is 5.91 Å². The van der Waals surface area contributed by atoms with Crippen molar-refractivity contribution < 1.29 is 18.6 Å². The molecule has 1 fully saturated rings. The maximum Gasteiger partial charge on any atom is 0.253 e. The highest BCUT2D eigenvalue weighted by Crippen LogP contribution is 2.24. The van der Waals surface area contributed by atoms with E-state index in [1.54, 1.807) is 31.2 Å². The minimum atomic E-state index is -0.0309. The van der Waals surface area contributed by atoms with Gasteiger partial charge in [-0.3, -0.25) is 9.69 Å². The molecule has 1 saturated heterocycles. The van der Waals surface area contributed by atoms with Crippen LogP contribution in [0.3, 0.4) is 0 Å². The Morgan fingerprint density at radius 2 is 1.71 bits per heavy atom. The van der Waals surface area contributed by atoms with Crippen LogP contribution >= 0.6 is 0 Å². The van der Waals surface area contributed by atoms with Crippen LogP contribution in [0.2, 0.25) is 0 Å². The molecule has 0 saturated carbocycles. The summed E-state index contributed by atoms with van der Waals surface area (Å²) in [5, 5.41) is 7.93. The second-order valence-electron chi connectivity index (χ2n) is 8.37. The van der Waals surface area contributed by atoms with Gasteiger partial charge >= 0.3 is 0 Å². The number of hydrogen-bond acceptors (Lipinski definition) is 9. The first-order valence-corrected chi connectivity index (χ1v) is 11.5. The van der Waals surface area contributed by atoms with E-state index in [4.69, 9.17) is 13.8 Å². The first kappa shape index (κ1) is 22.7. The summed E-state index contributed by atoms with van der Waals surface area (Å²) in [4.78, 5) is 25.8. The zero-order chi connectivity index (χ0) is 24.2. The second kappa shape index (κ2) is 10.1. The first-order chi connectivity index (χ1) is 17.1. The van der Waals surface area contributed by atoms with Crippen LogP contribution in [0.5, 0.6) is 5.75 Å². The van der Waals surface area contributed by atoms with Gasteiger partial charge in [-0.05, 0) is 31.2 Å². The van der Waals surface area contributed by atoms with Gasteiger partial charge in [-0.2, -0.15) is 9.97 Å². The molecule has 3 heterocycles. The molecular weight excluding hydrogens is 448 g/mol. The van der Waals surface area contributed by atoms with Gasteiger partial charge in [0.2, 0.25) is 23.4 Å². The van der Waals surface area contributed by atoms with Gasteiger partial charge < -0.3 is 18.7 Å². The van der Waals surface area contributed by atoms with Crippen molar-refractivity contribution in [2.75, 3.05) is 26.2 Å². The highest BCUT2D eigenvalue weighted by atomic mass is 16.5. The largest absolute Gasteiger partial charge is 0.485 e. The number of amides is 1. The maximum atomic E-state index is 13.0. The number of rotatable bonds is 7. The van der Waals surface area contributed by atoms with Gasteiger partial charge in [0, 0.05) is 44.2 Å². The van der Waals surface area contributed by atoms with Crippen molar-refractivity contribution in [3.05, 3.63) is 77.8 Å². The lowest BCUT2D eigenvalue weighted by atomic mass is 10.1. The molecule has 1 aliphatic rings. The standard InChI is InChI=1S/C25H26N6O4/c1-17(24-27-23(29-35-24)19-6-4-3-5-7-19)30-12-14-31(15-13-30)25(32)20-8-10-21(11-9-20)33-16-22-26-18(2)34-28-22/h3-11,17H,12-16H2,1-2H3/t17-/m1/s1. The lowest BCUT2D eigenvalue weighted by Crippen LogP contribution is -2.49. The van der Waals surface area contributed by atoms with E-state index in [-0.39, 0.29) is 18.6 Å². The third kappa shape index (κ3) is 5.22. The van der Waals surface area contributed by atoms with E-state index in [0.717, 1.165) is 18.7 Å². The Kier molecular flexibility index (Phi) is 6.53. The van der Waals surface area contributed by atoms with Crippen LogP contribution in [-0.4, -0.2) is 62.2 Å². The zero-order valence-electron chi connectivity index (χ0n) is 19.6. The van der Waals surface area contributed by atoms with Gasteiger partial charge in [-0.15, -0.1) is 0 Å². The summed E-state index contributed by atoms with van der Waals surface area (Å²) in [6, 6.07) is 16.8. The first-order valence-electron chi connectivity index (χ1n) is 11.5. The van der Waals surface area contributed by atoms with Gasteiger partial charge in [-0.1, -0.05) is 40.6 Å². The molecule has 2 aromatic carbocycles. The fraction of sp³-hybridized carbons (Fsp3) is 0.320. The minimum absolute atomic E-state index is 0.00167. The Hall–Kier alpha value is -4.05.